The molecular weight excluding hydrogens is 218 g/mol. The van der Waals surface area contributed by atoms with Crippen molar-refractivity contribution < 1.29 is 4.74 Å². The van der Waals surface area contributed by atoms with Gasteiger partial charge in [0.1, 0.15) is 6.23 Å². The molecule has 1 atom stereocenters. The Morgan fingerprint density at radius 3 is 2.92 bits per heavy atom. The van der Waals surface area contributed by atoms with E-state index in [-0.39, 0.29) is 6.23 Å². The van der Waals surface area contributed by atoms with Gasteiger partial charge in [0, 0.05) is 18.0 Å². The first-order valence-electron chi connectivity index (χ1n) is 3.75. The first kappa shape index (κ1) is 9.71. The molecule has 0 aliphatic heterocycles. The summed E-state index contributed by atoms with van der Waals surface area (Å²) in [4.78, 5) is 0. The topological polar surface area (TPSA) is 35.2 Å². The maximum atomic E-state index is 5.62. The van der Waals surface area contributed by atoms with Crippen LogP contribution in [0.2, 0.25) is 0 Å². The van der Waals surface area contributed by atoms with Gasteiger partial charge in [-0.25, -0.2) is 0 Å². The van der Waals surface area contributed by atoms with Crippen LogP contribution in [-0.4, -0.2) is 13.3 Å². The molecule has 3 heteroatoms. The first-order chi connectivity index (χ1) is 5.72. The van der Waals surface area contributed by atoms with E-state index in [0.29, 0.717) is 0 Å². The molecule has 0 saturated heterocycles. The van der Waals surface area contributed by atoms with Gasteiger partial charge in [0.15, 0.2) is 0 Å². The summed E-state index contributed by atoms with van der Waals surface area (Å²) in [5.41, 5.74) is 6.80. The summed E-state index contributed by atoms with van der Waals surface area (Å²) in [5.74, 6) is 0. The van der Waals surface area contributed by atoms with Crippen LogP contribution in [0.4, 0.5) is 0 Å². The largest absolute Gasteiger partial charge is 0.366 e. The SMILES string of the molecule is COC(N)Cc1cccc(Br)c1. The quantitative estimate of drug-likeness (QED) is 0.805. The molecular formula is C9H12BrNO. The lowest BCUT2D eigenvalue weighted by molar-refractivity contribution is 0.109. The van der Waals surface area contributed by atoms with Gasteiger partial charge in [-0.05, 0) is 17.7 Å². The summed E-state index contributed by atoms with van der Waals surface area (Å²) in [6.07, 6.45) is 0.537. The van der Waals surface area contributed by atoms with Gasteiger partial charge < -0.3 is 10.5 Å². The molecule has 0 spiro atoms. The number of rotatable bonds is 3. The zero-order valence-corrected chi connectivity index (χ0v) is 8.54. The number of nitrogens with two attached hydrogens (primary N) is 1. The molecule has 1 unspecified atom stereocenters. The monoisotopic (exact) mass is 229 g/mol. The van der Waals surface area contributed by atoms with Crippen LogP contribution in [0.5, 0.6) is 0 Å². The molecule has 0 fully saturated rings. The molecule has 1 aromatic carbocycles. The molecule has 0 saturated carbocycles. The molecule has 12 heavy (non-hydrogen) atoms. The number of hydrogen-bond acceptors (Lipinski definition) is 2. The Hall–Kier alpha value is -0.380. The first-order valence-corrected chi connectivity index (χ1v) is 4.54. The van der Waals surface area contributed by atoms with Crippen LogP contribution < -0.4 is 5.73 Å². The molecule has 0 amide bonds. The number of halogens is 1. The second-order valence-corrected chi connectivity index (χ2v) is 3.52. The fourth-order valence-electron chi connectivity index (χ4n) is 0.980. The molecule has 0 radical (unpaired) electrons. The standard InChI is InChI=1S/C9H12BrNO/c1-12-9(11)6-7-3-2-4-8(10)5-7/h2-5,9H,6,11H2,1H3. The van der Waals surface area contributed by atoms with Crippen molar-refractivity contribution in [3.63, 3.8) is 0 Å². The van der Waals surface area contributed by atoms with Crippen LogP contribution in [0.1, 0.15) is 5.56 Å². The second kappa shape index (κ2) is 4.60. The Kier molecular flexibility index (Phi) is 3.72. The summed E-state index contributed by atoms with van der Waals surface area (Å²) in [5, 5.41) is 0. The van der Waals surface area contributed by atoms with E-state index in [1.165, 1.54) is 5.56 Å². The molecule has 2 nitrogen and oxygen atoms in total. The Bertz CT molecular complexity index is 252. The fraction of sp³-hybridized carbons (Fsp3) is 0.333. The molecule has 2 N–H and O–H groups in total. The summed E-state index contributed by atoms with van der Waals surface area (Å²) < 4.78 is 6.03. The van der Waals surface area contributed by atoms with Crippen molar-refractivity contribution in [1.29, 1.82) is 0 Å². The van der Waals surface area contributed by atoms with Crippen molar-refractivity contribution in [2.24, 2.45) is 5.73 Å². The zero-order valence-electron chi connectivity index (χ0n) is 6.96. The average molecular weight is 230 g/mol. The smallest absolute Gasteiger partial charge is 0.109 e. The number of methoxy groups -OCH3 is 1. The van der Waals surface area contributed by atoms with E-state index in [9.17, 15) is 0 Å². The lowest BCUT2D eigenvalue weighted by Crippen LogP contribution is -2.24. The van der Waals surface area contributed by atoms with E-state index in [0.717, 1.165) is 10.9 Å². The molecule has 0 aromatic heterocycles. The lowest BCUT2D eigenvalue weighted by Gasteiger charge is -2.08. The van der Waals surface area contributed by atoms with Crippen molar-refractivity contribution >= 4 is 15.9 Å². The molecule has 0 heterocycles. The van der Waals surface area contributed by atoms with E-state index < -0.39 is 0 Å². The predicted molar refractivity (Wildman–Crippen MR) is 52.8 cm³/mol. The molecule has 0 bridgehead atoms. The Morgan fingerprint density at radius 2 is 2.33 bits per heavy atom. The molecule has 0 aliphatic rings. The number of ether oxygens (including phenoxy) is 1. The summed E-state index contributed by atoms with van der Waals surface area (Å²) in [6.45, 7) is 0. The van der Waals surface area contributed by atoms with Crippen molar-refractivity contribution in [2.75, 3.05) is 7.11 Å². The van der Waals surface area contributed by atoms with Crippen molar-refractivity contribution in [3.05, 3.63) is 34.3 Å². The molecule has 1 rings (SSSR count). The highest BCUT2D eigenvalue weighted by atomic mass is 79.9. The second-order valence-electron chi connectivity index (χ2n) is 2.61. The predicted octanol–water partition coefficient (Wildman–Crippen LogP) is 1.92. The van der Waals surface area contributed by atoms with Gasteiger partial charge >= 0.3 is 0 Å². The van der Waals surface area contributed by atoms with E-state index in [4.69, 9.17) is 10.5 Å². The fourth-order valence-corrected chi connectivity index (χ4v) is 1.43. The van der Waals surface area contributed by atoms with Crippen molar-refractivity contribution in [1.82, 2.24) is 0 Å². The van der Waals surface area contributed by atoms with E-state index in [1.54, 1.807) is 7.11 Å². The summed E-state index contributed by atoms with van der Waals surface area (Å²) in [6, 6.07) is 8.05. The van der Waals surface area contributed by atoms with E-state index in [1.807, 2.05) is 24.3 Å². The third-order valence-electron chi connectivity index (χ3n) is 1.63. The van der Waals surface area contributed by atoms with Crippen molar-refractivity contribution in [3.8, 4) is 0 Å². The van der Waals surface area contributed by atoms with Gasteiger partial charge in [-0.1, -0.05) is 28.1 Å². The summed E-state index contributed by atoms with van der Waals surface area (Å²) in [7, 11) is 1.61. The summed E-state index contributed by atoms with van der Waals surface area (Å²) >= 11 is 3.39. The third-order valence-corrected chi connectivity index (χ3v) is 2.12. The van der Waals surface area contributed by atoms with Crippen LogP contribution in [0.25, 0.3) is 0 Å². The highest BCUT2D eigenvalue weighted by Crippen LogP contribution is 2.12. The van der Waals surface area contributed by atoms with Gasteiger partial charge in [0.05, 0.1) is 0 Å². The average Bonchev–Trinajstić information content (AvgIpc) is 2.04. The van der Waals surface area contributed by atoms with Crippen LogP contribution >= 0.6 is 15.9 Å². The molecule has 0 aliphatic carbocycles. The lowest BCUT2D eigenvalue weighted by atomic mass is 10.1. The zero-order chi connectivity index (χ0) is 8.97. The van der Waals surface area contributed by atoms with Gasteiger partial charge in [-0.3, -0.25) is 0 Å². The van der Waals surface area contributed by atoms with Gasteiger partial charge in [-0.2, -0.15) is 0 Å². The van der Waals surface area contributed by atoms with Crippen LogP contribution in [0.15, 0.2) is 28.7 Å². The third kappa shape index (κ3) is 2.93. The van der Waals surface area contributed by atoms with Crippen LogP contribution in [0, 0.1) is 0 Å². The minimum Gasteiger partial charge on any atom is -0.366 e. The number of benzene rings is 1. The van der Waals surface area contributed by atoms with Gasteiger partial charge in [0.2, 0.25) is 0 Å². The maximum absolute atomic E-state index is 5.62. The highest BCUT2D eigenvalue weighted by Gasteiger charge is 2.01. The Labute approximate surface area is 80.8 Å². The van der Waals surface area contributed by atoms with Crippen LogP contribution in [0.3, 0.4) is 0 Å². The Morgan fingerprint density at radius 1 is 1.58 bits per heavy atom. The minimum absolute atomic E-state index is 0.209. The molecule has 1 aromatic rings. The Balaban J connectivity index is 2.63. The number of hydrogen-bond donors (Lipinski definition) is 1. The van der Waals surface area contributed by atoms with E-state index >= 15 is 0 Å². The highest BCUT2D eigenvalue weighted by molar-refractivity contribution is 9.10. The molecule has 66 valence electrons. The van der Waals surface area contributed by atoms with Crippen molar-refractivity contribution in [2.45, 2.75) is 12.6 Å². The maximum Gasteiger partial charge on any atom is 0.109 e. The normalized spacial score (nSPS) is 12.9. The van der Waals surface area contributed by atoms with Gasteiger partial charge in [-0.15, -0.1) is 0 Å². The van der Waals surface area contributed by atoms with E-state index in [2.05, 4.69) is 15.9 Å². The van der Waals surface area contributed by atoms with Crippen LogP contribution in [-0.2, 0) is 11.2 Å². The van der Waals surface area contributed by atoms with Gasteiger partial charge in [0.25, 0.3) is 0 Å². The minimum atomic E-state index is -0.209.